The molecule has 1 aliphatic heterocycles. The Balaban J connectivity index is 1.65. The van der Waals surface area contributed by atoms with E-state index in [-0.39, 0.29) is 11.8 Å². The first-order chi connectivity index (χ1) is 11.5. The summed E-state index contributed by atoms with van der Waals surface area (Å²) in [5.41, 5.74) is 6.29. The van der Waals surface area contributed by atoms with Crippen molar-refractivity contribution in [3.63, 3.8) is 0 Å². The Morgan fingerprint density at radius 1 is 1.25 bits per heavy atom. The summed E-state index contributed by atoms with van der Waals surface area (Å²) in [6.07, 6.45) is 9.07. The second-order valence-electron chi connectivity index (χ2n) is 7.13. The number of carbonyl (C=O) groups excluding carboxylic acids is 2. The molecule has 0 radical (unpaired) electrons. The van der Waals surface area contributed by atoms with Gasteiger partial charge in [0.25, 0.3) is 5.91 Å². The van der Waals surface area contributed by atoms with Crippen molar-refractivity contribution in [2.75, 3.05) is 13.1 Å². The molecule has 1 aromatic heterocycles. The number of piperidine rings is 1. The molecule has 2 heterocycles. The van der Waals surface area contributed by atoms with Crippen molar-refractivity contribution >= 4 is 11.8 Å². The van der Waals surface area contributed by atoms with Gasteiger partial charge < -0.3 is 10.6 Å². The normalized spacial score (nSPS) is 21.9. The topological polar surface area (TPSA) is 89.2 Å². The predicted molar refractivity (Wildman–Crippen MR) is 90.4 cm³/mol. The van der Waals surface area contributed by atoms with Crippen LogP contribution in [0.1, 0.15) is 72.7 Å². The third-order valence-corrected chi connectivity index (χ3v) is 5.34. The molecule has 0 unspecified atom stereocenters. The van der Waals surface area contributed by atoms with E-state index in [1.54, 1.807) is 6.92 Å². The molecular formula is C18H26N4O2. The number of hydrogen-bond donors (Lipinski definition) is 1. The van der Waals surface area contributed by atoms with Crippen molar-refractivity contribution < 1.29 is 9.59 Å². The number of amides is 2. The van der Waals surface area contributed by atoms with Gasteiger partial charge in [-0.3, -0.25) is 9.59 Å². The minimum Gasteiger partial charge on any atom is -0.365 e. The van der Waals surface area contributed by atoms with Gasteiger partial charge >= 0.3 is 0 Å². The van der Waals surface area contributed by atoms with Gasteiger partial charge in [0, 0.05) is 31.6 Å². The molecule has 0 spiro atoms. The Kier molecular flexibility index (Phi) is 5.11. The van der Waals surface area contributed by atoms with Gasteiger partial charge in [-0.2, -0.15) is 0 Å². The molecule has 1 aliphatic carbocycles. The molecule has 0 aromatic carbocycles. The van der Waals surface area contributed by atoms with E-state index >= 15 is 0 Å². The van der Waals surface area contributed by atoms with E-state index in [2.05, 4.69) is 9.97 Å². The van der Waals surface area contributed by atoms with Crippen molar-refractivity contribution in [1.29, 1.82) is 0 Å². The van der Waals surface area contributed by atoms with Crippen LogP contribution in [0.15, 0.2) is 6.20 Å². The number of rotatable bonds is 4. The van der Waals surface area contributed by atoms with E-state index in [0.717, 1.165) is 25.2 Å². The lowest BCUT2D eigenvalue weighted by molar-refractivity contribution is -0.133. The molecule has 1 saturated heterocycles. The van der Waals surface area contributed by atoms with Crippen LogP contribution in [0.25, 0.3) is 0 Å². The Labute approximate surface area is 142 Å². The molecular weight excluding hydrogens is 304 g/mol. The lowest BCUT2D eigenvalue weighted by Crippen LogP contribution is -2.40. The minimum atomic E-state index is -0.504. The van der Waals surface area contributed by atoms with Crippen LogP contribution in [0.2, 0.25) is 0 Å². The number of nitrogens with two attached hydrogens (primary N) is 1. The summed E-state index contributed by atoms with van der Waals surface area (Å²) in [5.74, 6) is 1.21. The highest BCUT2D eigenvalue weighted by Crippen LogP contribution is 2.30. The first-order valence-corrected chi connectivity index (χ1v) is 8.95. The van der Waals surface area contributed by atoms with Gasteiger partial charge in [-0.15, -0.1) is 0 Å². The van der Waals surface area contributed by atoms with Gasteiger partial charge in [0.1, 0.15) is 5.82 Å². The Morgan fingerprint density at radius 2 is 2.00 bits per heavy atom. The largest absolute Gasteiger partial charge is 0.365 e. The summed E-state index contributed by atoms with van der Waals surface area (Å²) in [6, 6.07) is 0. The fourth-order valence-electron chi connectivity index (χ4n) is 3.93. The summed E-state index contributed by atoms with van der Waals surface area (Å²) in [5, 5.41) is 0. The van der Waals surface area contributed by atoms with Gasteiger partial charge in [-0.1, -0.05) is 12.8 Å². The molecule has 130 valence electrons. The fourth-order valence-corrected chi connectivity index (χ4v) is 3.93. The Bertz CT molecular complexity index is 625. The predicted octanol–water partition coefficient (Wildman–Crippen LogP) is 2.17. The number of aryl methyl sites for hydroxylation is 1. The van der Waals surface area contributed by atoms with Crippen molar-refractivity contribution in [3.8, 4) is 0 Å². The van der Waals surface area contributed by atoms with Crippen molar-refractivity contribution in [1.82, 2.24) is 14.9 Å². The zero-order chi connectivity index (χ0) is 17.1. The van der Waals surface area contributed by atoms with Gasteiger partial charge in [0.05, 0.1) is 11.3 Å². The van der Waals surface area contributed by atoms with Crippen LogP contribution in [-0.2, 0) is 4.79 Å². The SMILES string of the molecule is Cc1nc([C@H]2CCCN(C(=O)CC3CCCC3)C2)ncc1C(N)=O. The zero-order valence-corrected chi connectivity index (χ0v) is 14.3. The Morgan fingerprint density at radius 3 is 2.67 bits per heavy atom. The number of primary amides is 1. The molecule has 6 nitrogen and oxygen atoms in total. The van der Waals surface area contributed by atoms with Crippen molar-refractivity contribution in [2.45, 2.75) is 57.8 Å². The average molecular weight is 330 g/mol. The third kappa shape index (κ3) is 3.74. The van der Waals surface area contributed by atoms with E-state index in [1.807, 2.05) is 4.90 Å². The first kappa shape index (κ1) is 16.9. The number of carbonyl (C=O) groups is 2. The molecule has 2 aliphatic rings. The molecule has 2 amide bonds. The Hall–Kier alpha value is -1.98. The number of aromatic nitrogens is 2. The quantitative estimate of drug-likeness (QED) is 0.916. The second kappa shape index (κ2) is 7.28. The van der Waals surface area contributed by atoms with Crippen LogP contribution in [0, 0.1) is 12.8 Å². The van der Waals surface area contributed by atoms with Gasteiger partial charge in [-0.25, -0.2) is 9.97 Å². The van der Waals surface area contributed by atoms with Crippen LogP contribution in [-0.4, -0.2) is 39.8 Å². The molecule has 6 heteroatoms. The molecule has 1 saturated carbocycles. The van der Waals surface area contributed by atoms with Crippen LogP contribution in [0.4, 0.5) is 0 Å². The van der Waals surface area contributed by atoms with E-state index in [4.69, 9.17) is 5.73 Å². The molecule has 1 aromatic rings. The highest BCUT2D eigenvalue weighted by molar-refractivity contribution is 5.93. The number of hydrogen-bond acceptors (Lipinski definition) is 4. The van der Waals surface area contributed by atoms with Crippen LogP contribution < -0.4 is 5.73 Å². The standard InChI is InChI=1S/C18H26N4O2/c1-12-15(17(19)24)10-20-18(21-12)14-7-4-8-22(11-14)16(23)9-13-5-2-3-6-13/h10,13-14H,2-9,11H2,1H3,(H2,19,24)/t14-/m0/s1. The zero-order valence-electron chi connectivity index (χ0n) is 14.3. The summed E-state index contributed by atoms with van der Waals surface area (Å²) >= 11 is 0. The summed E-state index contributed by atoms with van der Waals surface area (Å²) < 4.78 is 0. The molecule has 1 atom stereocenters. The van der Waals surface area contributed by atoms with Crippen molar-refractivity contribution in [3.05, 3.63) is 23.3 Å². The lowest BCUT2D eigenvalue weighted by Gasteiger charge is -2.32. The average Bonchev–Trinajstić information content (AvgIpc) is 3.07. The van der Waals surface area contributed by atoms with E-state index in [1.165, 1.54) is 31.9 Å². The maximum Gasteiger partial charge on any atom is 0.252 e. The monoisotopic (exact) mass is 330 g/mol. The molecule has 0 bridgehead atoms. The van der Waals surface area contributed by atoms with E-state index < -0.39 is 5.91 Å². The highest BCUT2D eigenvalue weighted by Gasteiger charge is 2.29. The van der Waals surface area contributed by atoms with Gasteiger partial charge in [-0.05, 0) is 38.5 Å². The lowest BCUT2D eigenvalue weighted by atomic mass is 9.95. The molecule has 2 N–H and O–H groups in total. The summed E-state index contributed by atoms with van der Waals surface area (Å²) in [7, 11) is 0. The minimum absolute atomic E-state index is 0.145. The molecule has 2 fully saturated rings. The third-order valence-electron chi connectivity index (χ3n) is 5.34. The maximum atomic E-state index is 12.6. The maximum absolute atomic E-state index is 12.6. The molecule has 24 heavy (non-hydrogen) atoms. The van der Waals surface area contributed by atoms with E-state index in [9.17, 15) is 9.59 Å². The smallest absolute Gasteiger partial charge is 0.252 e. The number of likely N-dealkylation sites (tertiary alicyclic amines) is 1. The highest BCUT2D eigenvalue weighted by atomic mass is 16.2. The second-order valence-corrected chi connectivity index (χ2v) is 7.13. The van der Waals surface area contributed by atoms with Crippen LogP contribution in [0.3, 0.4) is 0 Å². The molecule has 3 rings (SSSR count). The first-order valence-electron chi connectivity index (χ1n) is 8.95. The van der Waals surface area contributed by atoms with Gasteiger partial charge in [0.15, 0.2) is 0 Å². The van der Waals surface area contributed by atoms with Crippen LogP contribution >= 0.6 is 0 Å². The summed E-state index contributed by atoms with van der Waals surface area (Å²) in [4.78, 5) is 34.6. The fraction of sp³-hybridized carbons (Fsp3) is 0.667. The van der Waals surface area contributed by atoms with E-state index in [0.29, 0.717) is 30.1 Å². The van der Waals surface area contributed by atoms with Crippen molar-refractivity contribution in [2.24, 2.45) is 11.7 Å². The number of nitrogens with zero attached hydrogens (tertiary/aromatic N) is 3. The summed E-state index contributed by atoms with van der Waals surface area (Å²) in [6.45, 7) is 3.29. The van der Waals surface area contributed by atoms with Gasteiger partial charge in [0.2, 0.25) is 5.91 Å². The van der Waals surface area contributed by atoms with Crippen LogP contribution in [0.5, 0.6) is 0 Å².